The van der Waals surface area contributed by atoms with Gasteiger partial charge in [-0.15, -0.1) is 0 Å². The minimum absolute atomic E-state index is 0.121. The SMILES string of the molecule is CCCCC/C=C\C/C=C\C/C=C\C/C=C\CCCCCCCCCCCCC(O)C(=O)NC(COC1OC(CO)C(O)C(O)C1OC(=O)CCCCCCCCCCCCCCC/C=C\C/C=C\CCCCC)C(O)/C=C/CCCCCCCCCCCCC. The van der Waals surface area contributed by atoms with Crippen LogP contribution < -0.4 is 5.32 Å². The summed E-state index contributed by atoms with van der Waals surface area (Å²) in [5.41, 5.74) is 0. The molecule has 1 rings (SSSR count). The van der Waals surface area contributed by atoms with Crippen molar-refractivity contribution in [2.24, 2.45) is 0 Å². The fourth-order valence-corrected chi connectivity index (χ4v) is 11.7. The molecule has 0 aromatic heterocycles. The van der Waals surface area contributed by atoms with E-state index in [1.807, 2.05) is 6.08 Å². The third-order valence-electron chi connectivity index (χ3n) is 17.8. The molecule has 1 saturated heterocycles. The van der Waals surface area contributed by atoms with E-state index < -0.39 is 67.4 Å². The summed E-state index contributed by atoms with van der Waals surface area (Å²) in [4.78, 5) is 26.8. The summed E-state index contributed by atoms with van der Waals surface area (Å²) in [6, 6.07) is -1.03. The van der Waals surface area contributed by atoms with Gasteiger partial charge in [-0.2, -0.15) is 0 Å². The van der Waals surface area contributed by atoms with Crippen molar-refractivity contribution in [2.45, 2.75) is 397 Å². The van der Waals surface area contributed by atoms with Crippen LogP contribution in [0.15, 0.2) is 85.1 Å². The van der Waals surface area contributed by atoms with Gasteiger partial charge in [0.1, 0.15) is 24.4 Å². The minimum Gasteiger partial charge on any atom is -0.454 e. The van der Waals surface area contributed by atoms with Gasteiger partial charge in [0, 0.05) is 6.42 Å². The molecule has 0 radical (unpaired) electrons. The maximum absolute atomic E-state index is 13.5. The number of esters is 1. The second kappa shape index (κ2) is 66.8. The molecule has 1 aliphatic heterocycles. The van der Waals surface area contributed by atoms with Gasteiger partial charge in [0.05, 0.1) is 25.4 Å². The zero-order valence-corrected chi connectivity index (χ0v) is 59.0. The average molecular weight is 1280 g/mol. The largest absolute Gasteiger partial charge is 0.454 e. The van der Waals surface area contributed by atoms with E-state index >= 15 is 0 Å². The molecule has 6 N–H and O–H groups in total. The lowest BCUT2D eigenvalue weighted by atomic mass is 9.99. The summed E-state index contributed by atoms with van der Waals surface area (Å²) in [6.07, 6.45) is 79.0. The van der Waals surface area contributed by atoms with Crippen molar-refractivity contribution in [3.63, 3.8) is 0 Å². The molecule has 8 atom stereocenters. The minimum atomic E-state index is -1.62. The number of allylic oxidation sites excluding steroid dienone is 13. The Morgan fingerprint density at radius 3 is 1.15 bits per heavy atom. The van der Waals surface area contributed by atoms with Crippen molar-refractivity contribution in [1.29, 1.82) is 0 Å². The highest BCUT2D eigenvalue weighted by Crippen LogP contribution is 2.26. The van der Waals surface area contributed by atoms with Crippen LogP contribution >= 0.6 is 0 Å². The Balaban J connectivity index is 2.55. The summed E-state index contributed by atoms with van der Waals surface area (Å²) in [5.74, 6) is -1.19. The lowest BCUT2D eigenvalue weighted by molar-refractivity contribution is -0.305. The van der Waals surface area contributed by atoms with Gasteiger partial charge < -0.3 is 45.1 Å². The number of hydrogen-bond donors (Lipinski definition) is 6. The van der Waals surface area contributed by atoms with Crippen LogP contribution in [0, 0.1) is 0 Å². The smallest absolute Gasteiger partial charge is 0.306 e. The quantitative estimate of drug-likeness (QED) is 0.0195. The molecule has 0 saturated carbocycles. The van der Waals surface area contributed by atoms with Gasteiger partial charge in [-0.1, -0.05) is 324 Å². The van der Waals surface area contributed by atoms with Gasteiger partial charge >= 0.3 is 5.97 Å². The standard InChI is InChI=1S/C80H143NO10/c1-4-7-10-13-16-19-22-25-27-29-31-33-35-36-37-39-40-42-44-46-49-52-55-58-61-64-67-73(84)79(88)81-71(72(83)66-63-60-57-54-51-48-24-21-18-15-12-9-6-3)70-89-80-78(77(87)76(86)74(69-82)90-80)91-75(85)68-65-62-59-56-53-50-47-45-43-41-38-34-32-30-28-26-23-20-17-14-11-8-5-2/h16-17,19-20,25-28,31,33,36-37,63,66,71-74,76-78,80,82-84,86-87H,4-15,18,21-24,29-30,32,34-35,38-62,64-65,67-70H2,1-3H3,(H,81,88)/b19-16-,20-17-,27-25-,28-26-,33-31-,37-36-,66-63+. The van der Waals surface area contributed by atoms with E-state index in [0.29, 0.717) is 12.8 Å². The lowest BCUT2D eigenvalue weighted by Crippen LogP contribution is -2.61. The number of amides is 1. The second-order valence-corrected chi connectivity index (χ2v) is 26.4. The van der Waals surface area contributed by atoms with Crippen LogP contribution in [0.25, 0.3) is 0 Å². The number of ether oxygens (including phenoxy) is 3. The number of carbonyl (C=O) groups is 2. The van der Waals surface area contributed by atoms with E-state index in [-0.39, 0.29) is 19.4 Å². The molecule has 11 nitrogen and oxygen atoms in total. The first-order valence-corrected chi connectivity index (χ1v) is 38.4. The highest BCUT2D eigenvalue weighted by Gasteiger charge is 2.47. The van der Waals surface area contributed by atoms with Gasteiger partial charge in [0.25, 0.3) is 0 Å². The third kappa shape index (κ3) is 53.7. The van der Waals surface area contributed by atoms with Crippen molar-refractivity contribution < 1.29 is 49.3 Å². The van der Waals surface area contributed by atoms with Crippen molar-refractivity contribution in [1.82, 2.24) is 5.32 Å². The average Bonchev–Trinajstić information content (AvgIpc) is 0.969. The Bertz CT molecular complexity index is 1810. The predicted molar refractivity (Wildman–Crippen MR) is 384 cm³/mol. The fraction of sp³-hybridized carbons (Fsp3) is 0.800. The first-order chi connectivity index (χ1) is 44.7. The van der Waals surface area contributed by atoms with Crippen LogP contribution in [0.2, 0.25) is 0 Å². The Hall–Kier alpha value is -3.16. The Kier molecular flexibility index (Phi) is 63.1. The topological polar surface area (TPSA) is 175 Å². The number of unbranched alkanes of at least 4 members (excludes halogenated alkanes) is 40. The number of rotatable bonds is 66. The van der Waals surface area contributed by atoms with Crippen LogP contribution in [0.5, 0.6) is 0 Å². The van der Waals surface area contributed by atoms with Crippen LogP contribution in [0.4, 0.5) is 0 Å². The van der Waals surface area contributed by atoms with E-state index in [9.17, 15) is 35.1 Å². The summed E-state index contributed by atoms with van der Waals surface area (Å²) in [5, 5.41) is 57.4. The molecule has 0 aliphatic carbocycles. The molecule has 1 fully saturated rings. The second-order valence-electron chi connectivity index (χ2n) is 26.4. The Morgan fingerprint density at radius 2 is 0.758 bits per heavy atom. The Morgan fingerprint density at radius 1 is 0.429 bits per heavy atom. The molecule has 0 aromatic carbocycles. The van der Waals surface area contributed by atoms with Crippen molar-refractivity contribution in [2.75, 3.05) is 13.2 Å². The fourth-order valence-electron chi connectivity index (χ4n) is 11.7. The first kappa shape index (κ1) is 85.9. The van der Waals surface area contributed by atoms with Crippen molar-refractivity contribution in [3.8, 4) is 0 Å². The summed E-state index contributed by atoms with van der Waals surface area (Å²) >= 11 is 0. The summed E-state index contributed by atoms with van der Waals surface area (Å²) < 4.78 is 17.7. The first-order valence-electron chi connectivity index (χ1n) is 38.4. The van der Waals surface area contributed by atoms with Gasteiger partial charge in [0.15, 0.2) is 12.4 Å². The number of carbonyl (C=O) groups excluding carboxylic acids is 2. The molecule has 0 spiro atoms. The van der Waals surface area contributed by atoms with E-state index in [1.165, 1.54) is 212 Å². The normalized spacial score (nSPS) is 18.4. The number of hydrogen-bond acceptors (Lipinski definition) is 10. The molecule has 11 heteroatoms. The zero-order chi connectivity index (χ0) is 66.0. The summed E-state index contributed by atoms with van der Waals surface area (Å²) in [7, 11) is 0. The van der Waals surface area contributed by atoms with Gasteiger partial charge in [-0.05, 0) is 103 Å². The molecular weight excluding hydrogens is 1130 g/mol. The van der Waals surface area contributed by atoms with Gasteiger partial charge in [-0.25, -0.2) is 0 Å². The Labute approximate surface area is 559 Å². The van der Waals surface area contributed by atoms with Crippen LogP contribution in [0.1, 0.15) is 348 Å². The molecule has 8 unspecified atom stereocenters. The maximum Gasteiger partial charge on any atom is 0.306 e. The van der Waals surface area contributed by atoms with E-state index in [1.54, 1.807) is 6.08 Å². The van der Waals surface area contributed by atoms with Crippen LogP contribution in [-0.4, -0.2) is 99.6 Å². The number of nitrogens with one attached hydrogen (secondary N) is 1. The number of aliphatic hydroxyl groups excluding tert-OH is 5. The molecule has 1 aliphatic rings. The van der Waals surface area contributed by atoms with Gasteiger partial charge in [0.2, 0.25) is 5.91 Å². The molecule has 91 heavy (non-hydrogen) atoms. The van der Waals surface area contributed by atoms with E-state index in [2.05, 4.69) is 99.0 Å². The van der Waals surface area contributed by atoms with E-state index in [0.717, 1.165) is 89.9 Å². The number of aliphatic hydroxyl groups is 5. The molecule has 1 heterocycles. The van der Waals surface area contributed by atoms with Crippen LogP contribution in [-0.2, 0) is 23.8 Å². The van der Waals surface area contributed by atoms with Crippen molar-refractivity contribution in [3.05, 3.63) is 85.1 Å². The highest BCUT2D eigenvalue weighted by atomic mass is 16.7. The van der Waals surface area contributed by atoms with Gasteiger partial charge in [-0.3, -0.25) is 9.59 Å². The van der Waals surface area contributed by atoms with Crippen LogP contribution in [0.3, 0.4) is 0 Å². The molecular formula is C80H143NO10. The highest BCUT2D eigenvalue weighted by molar-refractivity contribution is 5.80. The molecule has 0 aromatic rings. The predicted octanol–water partition coefficient (Wildman–Crippen LogP) is 20.4. The zero-order valence-electron chi connectivity index (χ0n) is 59.0. The molecule has 1 amide bonds. The summed E-state index contributed by atoms with van der Waals surface area (Å²) in [6.45, 7) is 5.78. The van der Waals surface area contributed by atoms with E-state index in [4.69, 9.17) is 14.2 Å². The lowest BCUT2D eigenvalue weighted by Gasteiger charge is -2.41. The third-order valence-corrected chi connectivity index (χ3v) is 17.8. The van der Waals surface area contributed by atoms with Crippen molar-refractivity contribution >= 4 is 11.9 Å². The molecule has 0 bridgehead atoms. The monoisotopic (exact) mass is 1280 g/mol. The molecule has 528 valence electrons. The maximum atomic E-state index is 13.5.